The van der Waals surface area contributed by atoms with Crippen LogP contribution < -0.4 is 4.90 Å². The Hall–Kier alpha value is -1.80. The van der Waals surface area contributed by atoms with Crippen LogP contribution in [0.15, 0.2) is 48.5 Å². The molecule has 98 valence electrons. The minimum Gasteiger partial charge on any atom is -0.378 e. The number of rotatable bonds is 4. The first-order chi connectivity index (χ1) is 9.06. The molecule has 2 rings (SSSR count). The van der Waals surface area contributed by atoms with Crippen LogP contribution in [0.2, 0.25) is 5.02 Å². The zero-order chi connectivity index (χ0) is 13.8. The van der Waals surface area contributed by atoms with Gasteiger partial charge in [-0.25, -0.2) is 0 Å². The van der Waals surface area contributed by atoms with Gasteiger partial charge in [0.1, 0.15) is 0 Å². The second-order valence-corrected chi connectivity index (χ2v) is 5.11. The lowest BCUT2D eigenvalue weighted by Crippen LogP contribution is -2.10. The predicted molar refractivity (Wildman–Crippen MR) is 80.3 cm³/mol. The summed E-state index contributed by atoms with van der Waals surface area (Å²) in [5, 5.41) is 0.660. The molecule has 3 heteroatoms. The summed E-state index contributed by atoms with van der Waals surface area (Å²) in [5.74, 6) is 0.103. The molecule has 0 heterocycles. The molecular weight excluding hydrogens is 258 g/mol. The van der Waals surface area contributed by atoms with Crippen LogP contribution in [0, 0.1) is 0 Å². The SMILES string of the molecule is CN(C)c1cccc(C(=O)Cc2cccc(Cl)c2)c1. The summed E-state index contributed by atoms with van der Waals surface area (Å²) < 4.78 is 0. The number of carbonyl (C=O) groups is 1. The highest BCUT2D eigenvalue weighted by atomic mass is 35.5. The number of halogens is 1. The summed E-state index contributed by atoms with van der Waals surface area (Å²) in [5.41, 5.74) is 2.69. The van der Waals surface area contributed by atoms with Crippen LogP contribution in [0.3, 0.4) is 0 Å². The van der Waals surface area contributed by atoms with Crippen molar-refractivity contribution in [3.05, 3.63) is 64.7 Å². The Bertz CT molecular complexity index is 593. The Morgan fingerprint density at radius 2 is 1.84 bits per heavy atom. The van der Waals surface area contributed by atoms with Crippen LogP contribution in [-0.4, -0.2) is 19.9 Å². The highest BCUT2D eigenvalue weighted by molar-refractivity contribution is 6.30. The molecule has 0 aliphatic rings. The lowest BCUT2D eigenvalue weighted by Gasteiger charge is -2.13. The van der Waals surface area contributed by atoms with Gasteiger partial charge in [0.25, 0.3) is 0 Å². The first kappa shape index (κ1) is 13.6. The lowest BCUT2D eigenvalue weighted by molar-refractivity contribution is 0.0993. The van der Waals surface area contributed by atoms with Gasteiger partial charge < -0.3 is 4.90 Å². The molecule has 0 bridgehead atoms. The Balaban J connectivity index is 2.18. The first-order valence-corrected chi connectivity index (χ1v) is 6.49. The van der Waals surface area contributed by atoms with Gasteiger partial charge in [0, 0.05) is 36.8 Å². The van der Waals surface area contributed by atoms with Gasteiger partial charge in [0.05, 0.1) is 0 Å². The van der Waals surface area contributed by atoms with Gasteiger partial charge in [0.2, 0.25) is 0 Å². The number of hydrogen-bond donors (Lipinski definition) is 0. The van der Waals surface area contributed by atoms with E-state index < -0.39 is 0 Å². The van der Waals surface area contributed by atoms with Crippen LogP contribution in [0.4, 0.5) is 5.69 Å². The predicted octanol–water partition coefficient (Wildman–Crippen LogP) is 3.83. The van der Waals surface area contributed by atoms with Crippen molar-refractivity contribution in [1.29, 1.82) is 0 Å². The molecule has 0 aromatic heterocycles. The van der Waals surface area contributed by atoms with Crippen molar-refractivity contribution in [2.45, 2.75) is 6.42 Å². The minimum absolute atomic E-state index is 0.103. The Morgan fingerprint density at radius 3 is 2.53 bits per heavy atom. The molecule has 0 unspecified atom stereocenters. The number of carbonyl (C=O) groups excluding carboxylic acids is 1. The van der Waals surface area contributed by atoms with Crippen LogP contribution in [0.25, 0.3) is 0 Å². The van der Waals surface area contributed by atoms with Crippen molar-refractivity contribution in [2.75, 3.05) is 19.0 Å². The fourth-order valence-corrected chi connectivity index (χ4v) is 2.10. The Kier molecular flexibility index (Phi) is 4.23. The van der Waals surface area contributed by atoms with E-state index in [1.54, 1.807) is 0 Å². The van der Waals surface area contributed by atoms with Crippen LogP contribution >= 0.6 is 11.6 Å². The van der Waals surface area contributed by atoms with Crippen molar-refractivity contribution in [1.82, 2.24) is 0 Å². The van der Waals surface area contributed by atoms with E-state index in [4.69, 9.17) is 11.6 Å². The molecule has 0 saturated heterocycles. The minimum atomic E-state index is 0.103. The molecule has 0 aliphatic carbocycles. The second kappa shape index (κ2) is 5.89. The fraction of sp³-hybridized carbons (Fsp3) is 0.188. The highest BCUT2D eigenvalue weighted by Gasteiger charge is 2.08. The van der Waals surface area contributed by atoms with Crippen LogP contribution in [-0.2, 0) is 6.42 Å². The quantitative estimate of drug-likeness (QED) is 0.789. The normalized spacial score (nSPS) is 10.3. The second-order valence-electron chi connectivity index (χ2n) is 4.67. The third kappa shape index (κ3) is 3.58. The summed E-state index contributed by atoms with van der Waals surface area (Å²) in [7, 11) is 3.92. The van der Waals surface area contributed by atoms with E-state index in [0.717, 1.165) is 16.8 Å². The summed E-state index contributed by atoms with van der Waals surface area (Å²) >= 11 is 5.92. The van der Waals surface area contributed by atoms with Crippen molar-refractivity contribution in [2.24, 2.45) is 0 Å². The molecule has 0 spiro atoms. The number of ketones is 1. The Morgan fingerprint density at radius 1 is 1.11 bits per heavy atom. The summed E-state index contributed by atoms with van der Waals surface area (Å²) in [6.07, 6.45) is 0.372. The highest BCUT2D eigenvalue weighted by Crippen LogP contribution is 2.17. The fourth-order valence-electron chi connectivity index (χ4n) is 1.89. The number of hydrogen-bond acceptors (Lipinski definition) is 2. The zero-order valence-corrected chi connectivity index (χ0v) is 11.8. The molecule has 0 fully saturated rings. The Labute approximate surface area is 118 Å². The topological polar surface area (TPSA) is 20.3 Å². The van der Waals surface area contributed by atoms with Gasteiger partial charge >= 0.3 is 0 Å². The summed E-state index contributed by atoms with van der Waals surface area (Å²) in [6, 6.07) is 15.1. The number of anilines is 1. The molecule has 0 amide bonds. The standard InChI is InChI=1S/C16H16ClNO/c1-18(2)15-8-4-6-13(11-15)16(19)10-12-5-3-7-14(17)9-12/h3-9,11H,10H2,1-2H3. The molecule has 0 atom stereocenters. The van der Waals surface area contributed by atoms with E-state index in [-0.39, 0.29) is 5.78 Å². The van der Waals surface area contributed by atoms with E-state index in [1.165, 1.54) is 0 Å². The summed E-state index contributed by atoms with van der Waals surface area (Å²) in [6.45, 7) is 0. The van der Waals surface area contributed by atoms with Crippen LogP contribution in [0.1, 0.15) is 15.9 Å². The maximum atomic E-state index is 12.2. The number of benzene rings is 2. The van der Waals surface area contributed by atoms with Crippen molar-refractivity contribution >= 4 is 23.1 Å². The molecule has 2 nitrogen and oxygen atoms in total. The largest absolute Gasteiger partial charge is 0.378 e. The molecule has 0 N–H and O–H groups in total. The van der Waals surface area contributed by atoms with Gasteiger partial charge in [-0.1, -0.05) is 35.9 Å². The van der Waals surface area contributed by atoms with Gasteiger partial charge in [-0.3, -0.25) is 4.79 Å². The third-order valence-electron chi connectivity index (χ3n) is 2.94. The maximum Gasteiger partial charge on any atom is 0.167 e. The molecule has 2 aromatic rings. The van der Waals surface area contributed by atoms with Gasteiger partial charge in [0.15, 0.2) is 5.78 Å². The van der Waals surface area contributed by atoms with Crippen molar-refractivity contribution < 1.29 is 4.79 Å². The van der Waals surface area contributed by atoms with E-state index in [2.05, 4.69) is 0 Å². The van der Waals surface area contributed by atoms with Gasteiger partial charge in [-0.05, 0) is 29.8 Å². The van der Waals surface area contributed by atoms with E-state index in [0.29, 0.717) is 11.4 Å². The van der Waals surface area contributed by atoms with E-state index in [9.17, 15) is 4.79 Å². The molecule has 0 radical (unpaired) electrons. The van der Waals surface area contributed by atoms with Gasteiger partial charge in [-0.15, -0.1) is 0 Å². The summed E-state index contributed by atoms with van der Waals surface area (Å²) in [4.78, 5) is 14.2. The third-order valence-corrected chi connectivity index (χ3v) is 3.17. The van der Waals surface area contributed by atoms with Crippen LogP contribution in [0.5, 0.6) is 0 Å². The number of nitrogens with zero attached hydrogens (tertiary/aromatic N) is 1. The maximum absolute atomic E-state index is 12.2. The monoisotopic (exact) mass is 273 g/mol. The molecule has 19 heavy (non-hydrogen) atoms. The molecule has 0 aliphatic heterocycles. The molecular formula is C16H16ClNO. The molecule has 2 aromatic carbocycles. The lowest BCUT2D eigenvalue weighted by atomic mass is 10.0. The van der Waals surface area contributed by atoms with Crippen molar-refractivity contribution in [3.8, 4) is 0 Å². The average Bonchev–Trinajstić information content (AvgIpc) is 2.39. The van der Waals surface area contributed by atoms with Crippen molar-refractivity contribution in [3.63, 3.8) is 0 Å². The molecule has 0 saturated carbocycles. The zero-order valence-electron chi connectivity index (χ0n) is 11.1. The first-order valence-electron chi connectivity index (χ1n) is 6.11. The average molecular weight is 274 g/mol. The van der Waals surface area contributed by atoms with Gasteiger partial charge in [-0.2, -0.15) is 0 Å². The smallest absolute Gasteiger partial charge is 0.167 e. The van der Waals surface area contributed by atoms with E-state index >= 15 is 0 Å². The van der Waals surface area contributed by atoms with E-state index in [1.807, 2.05) is 67.5 Å². The number of Topliss-reactive ketones (excluding diaryl/α,β-unsaturated/α-hetero) is 1.